The number of nitrogens with one attached hydrogen (secondary N) is 4. The molecule has 4 N–H and O–H groups in total. The molecule has 4 amide bonds. The summed E-state index contributed by atoms with van der Waals surface area (Å²) < 4.78 is 41.4. The SMILES string of the molecule is C[C@@H](NC(=O)[C@@H]1C[C@]2(COCCN(C)C)C[C@@H]2N1C(=O)CNC(=O)c1ccc2c(c1)-c1ccccc1C2(F)F)c1cc(C(=N)NC(=O)OC(C)(C)C)cs1. The second kappa shape index (κ2) is 14.8. The second-order valence-corrected chi connectivity index (χ2v) is 16.4. The molecule has 6 rings (SSSR count). The molecule has 1 saturated carbocycles. The first-order chi connectivity index (χ1) is 25.4. The summed E-state index contributed by atoms with van der Waals surface area (Å²) >= 11 is 1.31. The molecular weight excluding hydrogens is 719 g/mol. The molecule has 3 aromatic rings. The largest absolute Gasteiger partial charge is 0.444 e. The summed E-state index contributed by atoms with van der Waals surface area (Å²) in [7, 11) is 3.89. The van der Waals surface area contributed by atoms with Crippen molar-refractivity contribution in [3.8, 4) is 11.1 Å². The first kappa shape index (κ1) is 39.0. The zero-order chi connectivity index (χ0) is 39.2. The summed E-state index contributed by atoms with van der Waals surface area (Å²) in [5.74, 6) is -4.72. The smallest absolute Gasteiger partial charge is 0.413 e. The zero-order valence-electron chi connectivity index (χ0n) is 31.2. The Labute approximate surface area is 317 Å². The lowest BCUT2D eigenvalue weighted by molar-refractivity contribution is -0.139. The van der Waals surface area contributed by atoms with E-state index in [4.69, 9.17) is 14.9 Å². The Hall–Kier alpha value is -4.73. The number of amides is 4. The lowest BCUT2D eigenvalue weighted by Gasteiger charge is -2.28. The fourth-order valence-electron chi connectivity index (χ4n) is 7.18. The standard InChI is InChI=1S/C39H46F2N6O6S/c1-22(30-16-24(20-54-30)33(42)45-36(51)53-37(2,3)4)44-35(50)29-17-38(21-52-14-13-46(5)6)18-31(38)47(29)32(48)19-43-34(49)23-11-12-28-26(15-23)25-9-7-8-10-27(25)39(28,40)41/h7-12,15-16,20,22,29,31H,13-14,17-19,21H2,1-6H3,(H,43,49)(H,44,50)(H2,42,45,51)/t22-,29+,31+,38-/m1/s1. The molecule has 15 heteroatoms. The van der Waals surface area contributed by atoms with Gasteiger partial charge in [0.15, 0.2) is 0 Å². The highest BCUT2D eigenvalue weighted by Crippen LogP contribution is 2.59. The van der Waals surface area contributed by atoms with Crippen molar-refractivity contribution in [3.05, 3.63) is 81.0 Å². The molecule has 1 aromatic heterocycles. The molecule has 0 unspecified atom stereocenters. The number of fused-ring (bicyclic) bond motifs is 4. The van der Waals surface area contributed by atoms with Crippen LogP contribution < -0.4 is 16.0 Å². The van der Waals surface area contributed by atoms with Gasteiger partial charge in [-0.25, -0.2) is 4.79 Å². The van der Waals surface area contributed by atoms with Gasteiger partial charge in [0.2, 0.25) is 11.8 Å². The van der Waals surface area contributed by atoms with Gasteiger partial charge < -0.3 is 29.9 Å². The Morgan fingerprint density at radius 3 is 2.48 bits per heavy atom. The topological polar surface area (TPSA) is 153 Å². The summed E-state index contributed by atoms with van der Waals surface area (Å²) in [6, 6.07) is 10.3. The molecule has 12 nitrogen and oxygen atoms in total. The zero-order valence-corrected chi connectivity index (χ0v) is 32.0. The Bertz CT molecular complexity index is 1980. The van der Waals surface area contributed by atoms with Crippen LogP contribution in [0, 0.1) is 10.8 Å². The molecule has 2 aromatic carbocycles. The average molecular weight is 765 g/mol. The molecule has 1 aliphatic heterocycles. The number of nitrogens with zero attached hydrogens (tertiary/aromatic N) is 2. The maximum absolute atomic E-state index is 15.1. The van der Waals surface area contributed by atoms with E-state index in [1.54, 1.807) is 62.2 Å². The summed E-state index contributed by atoms with van der Waals surface area (Å²) in [6.45, 7) is 8.18. The molecule has 2 heterocycles. The minimum Gasteiger partial charge on any atom is -0.444 e. The number of carbonyl (C=O) groups excluding carboxylic acids is 4. The van der Waals surface area contributed by atoms with Gasteiger partial charge in [0.25, 0.3) is 11.8 Å². The lowest BCUT2D eigenvalue weighted by atomic mass is 10.00. The summed E-state index contributed by atoms with van der Waals surface area (Å²) in [4.78, 5) is 57.5. The molecular formula is C39H46F2N6O6S. The highest BCUT2D eigenvalue weighted by atomic mass is 32.1. The number of likely N-dealkylation sites (tertiary alicyclic amines) is 1. The van der Waals surface area contributed by atoms with Gasteiger partial charge in [-0.05, 0) is 84.0 Å². The van der Waals surface area contributed by atoms with Crippen LogP contribution in [0.25, 0.3) is 11.1 Å². The van der Waals surface area contributed by atoms with E-state index >= 15 is 8.78 Å². The number of alkyl carbamates (subject to hydrolysis) is 1. The number of alkyl halides is 2. The van der Waals surface area contributed by atoms with Crippen LogP contribution in [-0.4, -0.2) is 97.5 Å². The molecule has 2 fully saturated rings. The third kappa shape index (κ3) is 8.03. The van der Waals surface area contributed by atoms with Crippen molar-refractivity contribution in [1.82, 2.24) is 25.8 Å². The summed E-state index contributed by atoms with van der Waals surface area (Å²) in [6.07, 6.45) is 0.300. The van der Waals surface area contributed by atoms with Crippen LogP contribution in [0.1, 0.15) is 78.5 Å². The number of amidine groups is 1. The van der Waals surface area contributed by atoms with Gasteiger partial charge in [-0.3, -0.25) is 25.1 Å². The van der Waals surface area contributed by atoms with E-state index in [1.165, 1.54) is 35.6 Å². The van der Waals surface area contributed by atoms with Crippen molar-refractivity contribution >= 4 is 41.0 Å². The van der Waals surface area contributed by atoms with E-state index < -0.39 is 53.5 Å². The molecule has 1 saturated heterocycles. The van der Waals surface area contributed by atoms with Crippen molar-refractivity contribution in [2.24, 2.45) is 5.41 Å². The van der Waals surface area contributed by atoms with E-state index in [2.05, 4.69) is 16.0 Å². The van der Waals surface area contributed by atoms with Crippen molar-refractivity contribution in [2.45, 2.75) is 70.2 Å². The number of piperidine rings is 1. The minimum absolute atomic E-state index is 0.117. The van der Waals surface area contributed by atoms with Crippen LogP contribution in [0.15, 0.2) is 53.9 Å². The second-order valence-electron chi connectivity index (χ2n) is 15.5. The van der Waals surface area contributed by atoms with Crippen LogP contribution >= 0.6 is 11.3 Å². The number of likely N-dealkylation sites (N-methyl/N-ethyl adjacent to an activating group) is 1. The van der Waals surface area contributed by atoms with Crippen molar-refractivity contribution < 1.29 is 37.4 Å². The fourth-order valence-corrected chi connectivity index (χ4v) is 8.09. The molecule has 0 spiro atoms. The number of benzene rings is 2. The van der Waals surface area contributed by atoms with Gasteiger partial charge >= 0.3 is 6.09 Å². The minimum atomic E-state index is -3.18. The number of ether oxygens (including phenoxy) is 2. The molecule has 3 aliphatic rings. The Morgan fingerprint density at radius 1 is 1.04 bits per heavy atom. The molecule has 0 bridgehead atoms. The van der Waals surface area contributed by atoms with Crippen molar-refractivity contribution in [1.29, 1.82) is 5.41 Å². The van der Waals surface area contributed by atoms with Crippen LogP contribution in [0.3, 0.4) is 0 Å². The van der Waals surface area contributed by atoms with E-state index in [0.717, 1.165) is 11.4 Å². The van der Waals surface area contributed by atoms with Crippen LogP contribution in [0.2, 0.25) is 0 Å². The summed E-state index contributed by atoms with van der Waals surface area (Å²) in [5, 5.41) is 18.1. The van der Waals surface area contributed by atoms with Gasteiger partial charge in [0.1, 0.15) is 17.5 Å². The third-order valence-corrected chi connectivity index (χ3v) is 11.1. The van der Waals surface area contributed by atoms with Gasteiger partial charge in [-0.1, -0.05) is 30.3 Å². The highest BCUT2D eigenvalue weighted by Gasteiger charge is 2.67. The molecule has 0 radical (unpaired) electrons. The maximum Gasteiger partial charge on any atom is 0.413 e. The maximum atomic E-state index is 15.1. The quantitative estimate of drug-likeness (QED) is 0.112. The van der Waals surface area contributed by atoms with Gasteiger partial charge in [-0.2, -0.15) is 8.78 Å². The lowest BCUT2D eigenvalue weighted by Crippen LogP contribution is -2.51. The number of hydrogen-bond donors (Lipinski definition) is 4. The van der Waals surface area contributed by atoms with Gasteiger partial charge in [-0.15, -0.1) is 11.3 Å². The Kier molecular flexibility index (Phi) is 10.7. The van der Waals surface area contributed by atoms with Gasteiger partial charge in [0, 0.05) is 50.5 Å². The molecule has 4 atom stereocenters. The van der Waals surface area contributed by atoms with E-state index in [-0.39, 0.29) is 40.0 Å². The monoisotopic (exact) mass is 764 g/mol. The Morgan fingerprint density at radius 2 is 1.76 bits per heavy atom. The van der Waals surface area contributed by atoms with Crippen molar-refractivity contribution in [3.63, 3.8) is 0 Å². The number of rotatable bonds is 12. The van der Waals surface area contributed by atoms with Crippen LogP contribution in [0.5, 0.6) is 0 Å². The first-order valence-corrected chi connectivity index (χ1v) is 18.7. The fraction of sp³-hybridized carbons (Fsp3) is 0.462. The van der Waals surface area contributed by atoms with Crippen LogP contribution in [-0.2, 0) is 25.0 Å². The summed E-state index contributed by atoms with van der Waals surface area (Å²) in [5.41, 5.74) is -0.197. The number of hydrogen-bond acceptors (Lipinski definition) is 9. The predicted octanol–water partition coefficient (Wildman–Crippen LogP) is 5.26. The number of carbonyl (C=O) groups is 4. The third-order valence-electron chi connectivity index (χ3n) is 9.98. The number of thiophene rings is 1. The highest BCUT2D eigenvalue weighted by molar-refractivity contribution is 7.10. The van der Waals surface area contributed by atoms with E-state index in [1.807, 2.05) is 19.0 Å². The molecule has 54 heavy (non-hydrogen) atoms. The average Bonchev–Trinajstić information content (AvgIpc) is 3.37. The molecule has 288 valence electrons. The normalized spacial score (nSPS) is 21.1. The van der Waals surface area contributed by atoms with Gasteiger partial charge in [0.05, 0.1) is 25.8 Å². The molecule has 2 aliphatic carbocycles. The first-order valence-electron chi connectivity index (χ1n) is 17.8. The Balaban J connectivity index is 1.12. The number of halogens is 2. The van der Waals surface area contributed by atoms with E-state index in [9.17, 15) is 19.2 Å². The predicted molar refractivity (Wildman–Crippen MR) is 200 cm³/mol. The van der Waals surface area contributed by atoms with Crippen LogP contribution in [0.4, 0.5) is 13.6 Å². The van der Waals surface area contributed by atoms with E-state index in [0.29, 0.717) is 37.2 Å². The van der Waals surface area contributed by atoms with Crippen molar-refractivity contribution in [2.75, 3.05) is 40.4 Å².